The second-order valence-electron chi connectivity index (χ2n) is 8.84. The van der Waals surface area contributed by atoms with Crippen molar-refractivity contribution in [2.24, 2.45) is 5.92 Å². The van der Waals surface area contributed by atoms with Gasteiger partial charge >= 0.3 is 0 Å². The second kappa shape index (κ2) is 7.55. The number of carbonyl (C=O) groups excluding carboxylic acids is 1. The molecule has 0 amide bonds. The number of imidazole rings is 1. The van der Waals surface area contributed by atoms with Gasteiger partial charge in [0, 0.05) is 17.2 Å². The molecule has 1 aliphatic carbocycles. The smallest absolute Gasteiger partial charge is 0.179 e. The number of benzene rings is 2. The topological polar surface area (TPSA) is 98.6 Å². The highest BCUT2D eigenvalue weighted by Gasteiger charge is 2.28. The summed E-state index contributed by atoms with van der Waals surface area (Å²) in [5, 5.41) is 14.2. The summed E-state index contributed by atoms with van der Waals surface area (Å²) in [4.78, 5) is 17.9. The van der Waals surface area contributed by atoms with Crippen molar-refractivity contribution in [1.82, 2.24) is 30.2 Å². The van der Waals surface area contributed by atoms with Gasteiger partial charge in [-0.15, -0.1) is 5.10 Å². The summed E-state index contributed by atoms with van der Waals surface area (Å²) in [6.45, 7) is 2.35. The lowest BCUT2D eigenvalue weighted by Crippen LogP contribution is -2.25. The Bertz CT molecular complexity index is 1300. The molecule has 1 N–H and O–H groups in total. The van der Waals surface area contributed by atoms with Crippen LogP contribution in [0.4, 0.5) is 0 Å². The molecular formula is C24H24N6O2. The number of hydrogen-bond donors (Lipinski definition) is 1. The first-order chi connectivity index (χ1) is 15.7. The zero-order valence-electron chi connectivity index (χ0n) is 17.9. The number of ether oxygens (including phenoxy) is 1. The fraction of sp³-hybridized carbons (Fsp3) is 0.375. The molecule has 1 aliphatic heterocycles. The lowest BCUT2D eigenvalue weighted by atomic mass is 9.93. The number of carbonyl (C=O) groups is 1. The van der Waals surface area contributed by atoms with E-state index in [0.29, 0.717) is 29.8 Å². The number of rotatable bonds is 3. The van der Waals surface area contributed by atoms with Crippen LogP contribution in [-0.2, 0) is 0 Å². The van der Waals surface area contributed by atoms with E-state index < -0.39 is 0 Å². The van der Waals surface area contributed by atoms with Gasteiger partial charge in [-0.05, 0) is 59.7 Å². The Labute approximate surface area is 185 Å². The molecule has 8 heteroatoms. The largest absolute Gasteiger partial charge is 0.492 e. The van der Waals surface area contributed by atoms with Crippen molar-refractivity contribution in [1.29, 1.82) is 0 Å². The molecule has 0 bridgehead atoms. The van der Waals surface area contributed by atoms with E-state index in [0.717, 1.165) is 40.8 Å². The van der Waals surface area contributed by atoms with Crippen LogP contribution in [0.25, 0.3) is 33.8 Å². The maximum atomic E-state index is 12.8. The van der Waals surface area contributed by atoms with Gasteiger partial charge in [0.1, 0.15) is 11.6 Å². The van der Waals surface area contributed by atoms with Gasteiger partial charge in [0.2, 0.25) is 0 Å². The Morgan fingerprint density at radius 1 is 1.06 bits per heavy atom. The number of aromatic amines is 1. The summed E-state index contributed by atoms with van der Waals surface area (Å²) in [7, 11) is 0. The van der Waals surface area contributed by atoms with Crippen molar-refractivity contribution in [2.45, 2.75) is 45.1 Å². The third-order valence-electron chi connectivity index (χ3n) is 6.69. The van der Waals surface area contributed by atoms with Crippen molar-refractivity contribution < 1.29 is 9.53 Å². The number of fused-ring (bicyclic) bond motifs is 2. The van der Waals surface area contributed by atoms with E-state index in [1.54, 1.807) is 0 Å². The minimum atomic E-state index is -0.131. The molecule has 0 spiro atoms. The lowest BCUT2D eigenvalue weighted by Gasteiger charge is -2.26. The highest BCUT2D eigenvalue weighted by Crippen LogP contribution is 2.38. The van der Waals surface area contributed by atoms with Gasteiger partial charge in [-0.2, -0.15) is 0 Å². The predicted octanol–water partition coefficient (Wildman–Crippen LogP) is 4.60. The number of ketones is 1. The number of Topliss-reactive ketones (excluding diaryl/α,β-unsaturated/α-hetero) is 1. The fourth-order valence-electron chi connectivity index (χ4n) is 4.98. The Morgan fingerprint density at radius 3 is 2.72 bits per heavy atom. The summed E-state index contributed by atoms with van der Waals surface area (Å²) >= 11 is 0. The Kier molecular flexibility index (Phi) is 4.52. The van der Waals surface area contributed by atoms with Crippen LogP contribution in [0.5, 0.6) is 5.75 Å². The number of H-pyrrole nitrogens is 1. The number of aromatic nitrogens is 6. The van der Waals surface area contributed by atoms with Crippen LogP contribution in [0.3, 0.4) is 0 Å². The summed E-state index contributed by atoms with van der Waals surface area (Å²) in [5.41, 5.74) is 4.48. The first kappa shape index (κ1) is 19.2. The van der Waals surface area contributed by atoms with Crippen LogP contribution < -0.4 is 4.74 Å². The van der Waals surface area contributed by atoms with Crippen LogP contribution in [0.2, 0.25) is 0 Å². The Balaban J connectivity index is 1.53. The van der Waals surface area contributed by atoms with Crippen molar-refractivity contribution >= 4 is 16.8 Å². The first-order valence-electron chi connectivity index (χ1n) is 11.3. The van der Waals surface area contributed by atoms with Gasteiger partial charge < -0.3 is 9.30 Å². The molecular weight excluding hydrogens is 404 g/mol. The number of hydrogen-bond acceptors (Lipinski definition) is 6. The highest BCUT2D eigenvalue weighted by atomic mass is 16.5. The molecule has 162 valence electrons. The molecule has 1 atom stereocenters. The standard InChI is InChI=1S/C24H24N6O2/c1-14-13-32-21-10-8-16(11-18(21)22(14)31)24-25-19-12-15(23-26-28-29-27-23)7-9-20(19)30(24)17-5-3-2-4-6-17/h7-12,14,17H,2-6,13H2,1H3,(H,26,27,28,29). The maximum absolute atomic E-state index is 12.8. The molecule has 0 saturated heterocycles. The zero-order valence-corrected chi connectivity index (χ0v) is 17.9. The molecule has 2 aromatic carbocycles. The van der Waals surface area contributed by atoms with Crippen LogP contribution in [-0.4, -0.2) is 42.6 Å². The van der Waals surface area contributed by atoms with Crippen LogP contribution in [0, 0.1) is 5.92 Å². The molecule has 4 aromatic rings. The highest BCUT2D eigenvalue weighted by molar-refractivity contribution is 6.02. The fourth-order valence-corrected chi connectivity index (χ4v) is 4.98. The molecule has 0 radical (unpaired) electrons. The van der Waals surface area contributed by atoms with E-state index in [4.69, 9.17) is 9.72 Å². The molecule has 2 aromatic heterocycles. The van der Waals surface area contributed by atoms with E-state index in [-0.39, 0.29) is 11.7 Å². The molecule has 2 aliphatic rings. The molecule has 8 nitrogen and oxygen atoms in total. The third-order valence-corrected chi connectivity index (χ3v) is 6.69. The zero-order chi connectivity index (χ0) is 21.7. The SMILES string of the molecule is CC1COc2ccc(-c3nc4cc(-c5nnn[nH]5)ccc4n3C3CCCCC3)cc2C1=O. The average Bonchev–Trinajstić information content (AvgIpc) is 3.50. The van der Waals surface area contributed by atoms with Gasteiger partial charge in [0.25, 0.3) is 0 Å². The quantitative estimate of drug-likeness (QED) is 0.512. The van der Waals surface area contributed by atoms with Crippen molar-refractivity contribution in [3.63, 3.8) is 0 Å². The molecule has 3 heterocycles. The van der Waals surface area contributed by atoms with E-state index in [1.165, 1.54) is 19.3 Å². The van der Waals surface area contributed by atoms with Gasteiger partial charge in [0.05, 0.1) is 29.1 Å². The van der Waals surface area contributed by atoms with Crippen LogP contribution >= 0.6 is 0 Å². The van der Waals surface area contributed by atoms with Crippen molar-refractivity contribution in [3.8, 4) is 28.5 Å². The van der Waals surface area contributed by atoms with Gasteiger partial charge in [-0.25, -0.2) is 10.1 Å². The summed E-state index contributed by atoms with van der Waals surface area (Å²) in [6.07, 6.45) is 6.00. The van der Waals surface area contributed by atoms with Crippen LogP contribution in [0.1, 0.15) is 55.4 Å². The van der Waals surface area contributed by atoms with E-state index in [1.807, 2.05) is 37.3 Å². The monoisotopic (exact) mass is 428 g/mol. The van der Waals surface area contributed by atoms with E-state index in [2.05, 4.69) is 31.3 Å². The molecule has 1 unspecified atom stereocenters. The minimum Gasteiger partial charge on any atom is -0.492 e. The summed E-state index contributed by atoms with van der Waals surface area (Å²) in [5.74, 6) is 2.18. The van der Waals surface area contributed by atoms with E-state index >= 15 is 0 Å². The van der Waals surface area contributed by atoms with Crippen molar-refractivity contribution in [2.75, 3.05) is 6.61 Å². The van der Waals surface area contributed by atoms with Crippen LogP contribution in [0.15, 0.2) is 36.4 Å². The predicted molar refractivity (Wildman–Crippen MR) is 119 cm³/mol. The minimum absolute atomic E-state index is 0.131. The number of nitrogens with zero attached hydrogens (tertiary/aromatic N) is 5. The number of tetrazole rings is 1. The van der Waals surface area contributed by atoms with Gasteiger partial charge in [-0.1, -0.05) is 26.2 Å². The molecule has 6 rings (SSSR count). The molecule has 1 fully saturated rings. The van der Waals surface area contributed by atoms with Gasteiger partial charge in [-0.3, -0.25) is 4.79 Å². The third kappa shape index (κ3) is 3.09. The van der Waals surface area contributed by atoms with E-state index in [9.17, 15) is 4.79 Å². The Hall–Kier alpha value is -3.55. The van der Waals surface area contributed by atoms with Crippen molar-refractivity contribution in [3.05, 3.63) is 42.0 Å². The Morgan fingerprint density at radius 2 is 1.91 bits per heavy atom. The molecule has 32 heavy (non-hydrogen) atoms. The van der Waals surface area contributed by atoms with Gasteiger partial charge in [0.15, 0.2) is 11.6 Å². The molecule has 1 saturated carbocycles. The number of nitrogens with one attached hydrogen (secondary N) is 1. The first-order valence-corrected chi connectivity index (χ1v) is 11.3. The average molecular weight is 428 g/mol. The lowest BCUT2D eigenvalue weighted by molar-refractivity contribution is 0.0849. The maximum Gasteiger partial charge on any atom is 0.179 e. The summed E-state index contributed by atoms with van der Waals surface area (Å²) in [6, 6.07) is 12.4. The second-order valence-corrected chi connectivity index (χ2v) is 8.84. The normalized spacial score (nSPS) is 19.2. The summed E-state index contributed by atoms with van der Waals surface area (Å²) < 4.78 is 8.16.